The molecular formula is C12H14F3N5. The number of rotatable bonds is 2. The Bertz CT molecular complexity index is 528. The van der Waals surface area contributed by atoms with Crippen LogP contribution in [0.3, 0.4) is 0 Å². The highest BCUT2D eigenvalue weighted by atomic mass is 19.4. The van der Waals surface area contributed by atoms with Gasteiger partial charge in [0.1, 0.15) is 0 Å². The molecule has 1 aliphatic rings. The zero-order chi connectivity index (χ0) is 14.8. The second-order valence-corrected chi connectivity index (χ2v) is 4.68. The topological polar surface area (TPSA) is 55.2 Å². The molecule has 0 saturated carbocycles. The molecule has 5 nitrogen and oxygen atoms in total. The van der Waals surface area contributed by atoms with Crippen LogP contribution in [0.5, 0.6) is 0 Å². The van der Waals surface area contributed by atoms with Crippen LogP contribution in [0.2, 0.25) is 0 Å². The van der Waals surface area contributed by atoms with Crippen LogP contribution in [-0.2, 0) is 6.18 Å². The van der Waals surface area contributed by atoms with E-state index in [1.165, 1.54) is 6.07 Å². The zero-order valence-corrected chi connectivity index (χ0v) is 10.9. The van der Waals surface area contributed by atoms with Crippen LogP contribution in [-0.4, -0.2) is 38.1 Å². The molecule has 20 heavy (non-hydrogen) atoms. The Hall–Kier alpha value is -1.92. The summed E-state index contributed by atoms with van der Waals surface area (Å²) >= 11 is 0. The Morgan fingerprint density at radius 1 is 1.20 bits per heavy atom. The van der Waals surface area contributed by atoms with Crippen molar-refractivity contribution < 1.29 is 13.2 Å². The predicted molar refractivity (Wildman–Crippen MR) is 70.0 cm³/mol. The second-order valence-electron chi connectivity index (χ2n) is 4.68. The van der Waals surface area contributed by atoms with Crippen LogP contribution < -0.4 is 4.90 Å². The van der Waals surface area contributed by atoms with Crippen molar-refractivity contribution in [2.24, 2.45) is 5.11 Å². The van der Waals surface area contributed by atoms with E-state index in [4.69, 9.17) is 5.53 Å². The van der Waals surface area contributed by atoms with E-state index < -0.39 is 11.7 Å². The summed E-state index contributed by atoms with van der Waals surface area (Å²) in [5, 5.41) is 3.40. The lowest BCUT2D eigenvalue weighted by Crippen LogP contribution is -2.44. The molecule has 0 N–H and O–H groups in total. The minimum atomic E-state index is -4.44. The molecule has 0 bridgehead atoms. The molecule has 1 aromatic rings. The summed E-state index contributed by atoms with van der Waals surface area (Å²) in [4.78, 5) is 6.69. The molecular weight excluding hydrogens is 271 g/mol. The van der Waals surface area contributed by atoms with Crippen molar-refractivity contribution in [1.29, 1.82) is 0 Å². The summed E-state index contributed by atoms with van der Waals surface area (Å²) < 4.78 is 38.0. The van der Waals surface area contributed by atoms with Gasteiger partial charge in [-0.05, 0) is 30.8 Å². The fraction of sp³-hybridized carbons (Fsp3) is 0.500. The van der Waals surface area contributed by atoms with Crippen molar-refractivity contribution in [3.8, 4) is 0 Å². The second kappa shape index (κ2) is 5.60. The molecule has 2 rings (SSSR count). The minimum Gasteiger partial charge on any atom is -0.369 e. The summed E-state index contributed by atoms with van der Waals surface area (Å²) in [5.74, 6) is 0. The molecule has 0 unspecified atom stereocenters. The van der Waals surface area contributed by atoms with Crippen LogP contribution in [0, 0.1) is 0 Å². The van der Waals surface area contributed by atoms with Crippen LogP contribution in [0.1, 0.15) is 5.56 Å². The molecule has 1 aromatic carbocycles. The Morgan fingerprint density at radius 3 is 2.40 bits per heavy atom. The quantitative estimate of drug-likeness (QED) is 0.475. The van der Waals surface area contributed by atoms with Crippen molar-refractivity contribution in [1.82, 2.24) is 4.90 Å². The summed E-state index contributed by atoms with van der Waals surface area (Å²) in [6.07, 6.45) is -4.44. The zero-order valence-electron chi connectivity index (χ0n) is 10.9. The fourth-order valence-corrected chi connectivity index (χ4v) is 2.14. The SMILES string of the molecule is CN1CCN(c2ccc(C(F)(F)F)cc2N=[N+]=[N-])CC1. The Balaban J connectivity index is 2.35. The molecule has 0 atom stereocenters. The maximum atomic E-state index is 12.7. The maximum absolute atomic E-state index is 12.7. The average molecular weight is 285 g/mol. The molecule has 1 heterocycles. The largest absolute Gasteiger partial charge is 0.416 e. The molecule has 0 aliphatic carbocycles. The number of hydrogen-bond acceptors (Lipinski definition) is 3. The number of nitrogens with zero attached hydrogens (tertiary/aromatic N) is 5. The number of alkyl halides is 3. The van der Waals surface area contributed by atoms with Gasteiger partial charge in [-0.1, -0.05) is 5.11 Å². The maximum Gasteiger partial charge on any atom is 0.416 e. The normalized spacial score (nSPS) is 16.9. The van der Waals surface area contributed by atoms with Gasteiger partial charge in [0.2, 0.25) is 0 Å². The van der Waals surface area contributed by atoms with Gasteiger partial charge in [0.25, 0.3) is 0 Å². The lowest BCUT2D eigenvalue weighted by atomic mass is 10.1. The third-order valence-electron chi connectivity index (χ3n) is 3.30. The Labute approximate surface area is 114 Å². The van der Waals surface area contributed by atoms with Gasteiger partial charge in [-0.25, -0.2) is 0 Å². The van der Waals surface area contributed by atoms with E-state index in [-0.39, 0.29) is 5.69 Å². The van der Waals surface area contributed by atoms with Gasteiger partial charge in [-0.2, -0.15) is 13.2 Å². The molecule has 1 saturated heterocycles. The van der Waals surface area contributed by atoms with Gasteiger partial charge in [-0.3, -0.25) is 0 Å². The first kappa shape index (κ1) is 14.5. The van der Waals surface area contributed by atoms with E-state index >= 15 is 0 Å². The molecule has 8 heteroatoms. The number of anilines is 1. The summed E-state index contributed by atoms with van der Waals surface area (Å²) in [5.41, 5.74) is 8.29. The lowest BCUT2D eigenvalue weighted by molar-refractivity contribution is -0.137. The standard InChI is InChI=1S/C12H14F3N5/c1-19-4-6-20(7-5-19)11-3-2-9(12(13,14)15)8-10(11)17-18-16/h2-3,8H,4-7H2,1H3. The minimum absolute atomic E-state index is 0.0203. The van der Waals surface area contributed by atoms with Crippen molar-refractivity contribution >= 4 is 11.4 Å². The average Bonchev–Trinajstić information content (AvgIpc) is 2.39. The first-order chi connectivity index (χ1) is 9.41. The molecule has 0 radical (unpaired) electrons. The van der Waals surface area contributed by atoms with Crippen LogP contribution in [0.25, 0.3) is 10.4 Å². The fourth-order valence-electron chi connectivity index (χ4n) is 2.14. The molecule has 0 amide bonds. The molecule has 1 fully saturated rings. The number of hydrogen-bond donors (Lipinski definition) is 0. The number of azide groups is 1. The summed E-state index contributed by atoms with van der Waals surface area (Å²) in [6, 6.07) is 3.29. The smallest absolute Gasteiger partial charge is 0.369 e. The van der Waals surface area contributed by atoms with Gasteiger partial charge in [0, 0.05) is 36.8 Å². The van der Waals surface area contributed by atoms with E-state index in [1.807, 2.05) is 11.9 Å². The van der Waals surface area contributed by atoms with Gasteiger partial charge in [0.15, 0.2) is 0 Å². The third kappa shape index (κ3) is 3.15. The van der Waals surface area contributed by atoms with Gasteiger partial charge in [0.05, 0.1) is 11.3 Å². The van der Waals surface area contributed by atoms with E-state index in [9.17, 15) is 13.2 Å². The monoisotopic (exact) mass is 285 g/mol. The van der Waals surface area contributed by atoms with Crippen molar-refractivity contribution in [2.45, 2.75) is 6.18 Å². The van der Waals surface area contributed by atoms with Crippen LogP contribution >= 0.6 is 0 Å². The lowest BCUT2D eigenvalue weighted by Gasteiger charge is -2.34. The van der Waals surface area contributed by atoms with E-state index in [1.54, 1.807) is 0 Å². The number of piperazine rings is 1. The van der Waals surface area contributed by atoms with Gasteiger partial charge < -0.3 is 9.80 Å². The van der Waals surface area contributed by atoms with Crippen molar-refractivity contribution in [3.05, 3.63) is 34.2 Å². The van der Waals surface area contributed by atoms with E-state index in [2.05, 4.69) is 14.9 Å². The summed E-state index contributed by atoms with van der Waals surface area (Å²) in [6.45, 7) is 3.01. The van der Waals surface area contributed by atoms with Crippen LogP contribution in [0.4, 0.5) is 24.5 Å². The first-order valence-electron chi connectivity index (χ1n) is 6.11. The van der Waals surface area contributed by atoms with Crippen molar-refractivity contribution in [2.75, 3.05) is 38.1 Å². The van der Waals surface area contributed by atoms with E-state index in [0.717, 1.165) is 25.2 Å². The molecule has 0 aromatic heterocycles. The number of likely N-dealkylation sites (N-methyl/N-ethyl adjacent to an activating group) is 1. The highest BCUT2D eigenvalue weighted by Gasteiger charge is 2.31. The van der Waals surface area contributed by atoms with Gasteiger partial charge in [-0.15, -0.1) is 0 Å². The molecule has 1 aliphatic heterocycles. The van der Waals surface area contributed by atoms with E-state index in [0.29, 0.717) is 18.8 Å². The Morgan fingerprint density at radius 2 is 1.85 bits per heavy atom. The highest BCUT2D eigenvalue weighted by molar-refractivity contribution is 5.68. The van der Waals surface area contributed by atoms with Crippen molar-refractivity contribution in [3.63, 3.8) is 0 Å². The van der Waals surface area contributed by atoms with Gasteiger partial charge >= 0.3 is 6.18 Å². The number of halogens is 3. The number of benzene rings is 1. The Kier molecular flexibility index (Phi) is 4.06. The third-order valence-corrected chi connectivity index (χ3v) is 3.30. The molecule has 0 spiro atoms. The predicted octanol–water partition coefficient (Wildman–Crippen LogP) is 3.40. The van der Waals surface area contributed by atoms with Crippen LogP contribution in [0.15, 0.2) is 23.3 Å². The summed E-state index contributed by atoms with van der Waals surface area (Å²) in [7, 11) is 1.98. The highest BCUT2D eigenvalue weighted by Crippen LogP contribution is 2.37. The molecule has 108 valence electrons. The first-order valence-corrected chi connectivity index (χ1v) is 6.11.